The first-order valence-electron chi connectivity index (χ1n) is 5.84. The van der Waals surface area contributed by atoms with E-state index in [1.807, 2.05) is 0 Å². The molecule has 8 heteroatoms. The van der Waals surface area contributed by atoms with Crippen molar-refractivity contribution < 1.29 is 18.1 Å². The first-order valence-corrected chi connectivity index (χ1v) is 5.84. The average Bonchev–Trinajstić information content (AvgIpc) is 3.18. The Morgan fingerprint density at radius 3 is 2.55 bits per heavy atom. The topological polar surface area (TPSA) is 70.2 Å². The van der Waals surface area contributed by atoms with Gasteiger partial charge >= 0.3 is 6.18 Å². The van der Waals surface area contributed by atoms with E-state index in [-0.39, 0.29) is 17.3 Å². The molecule has 0 bridgehead atoms. The summed E-state index contributed by atoms with van der Waals surface area (Å²) in [7, 11) is 0. The zero-order valence-electron chi connectivity index (χ0n) is 10.2. The lowest BCUT2D eigenvalue weighted by molar-refractivity contribution is -0.385. The van der Waals surface area contributed by atoms with E-state index in [0.29, 0.717) is 12.8 Å². The first-order chi connectivity index (χ1) is 9.31. The summed E-state index contributed by atoms with van der Waals surface area (Å²) in [6.07, 6.45) is -3.07. The van der Waals surface area contributed by atoms with E-state index in [1.54, 1.807) is 6.07 Å². The molecule has 0 atom stereocenters. The zero-order chi connectivity index (χ0) is 14.9. The summed E-state index contributed by atoms with van der Waals surface area (Å²) >= 11 is 0. The molecule has 1 aromatic rings. The zero-order valence-corrected chi connectivity index (χ0v) is 10.2. The highest BCUT2D eigenvalue weighted by molar-refractivity contribution is 5.60. The normalized spacial score (nSPS) is 14.7. The Morgan fingerprint density at radius 2 is 2.10 bits per heavy atom. The highest BCUT2D eigenvalue weighted by Crippen LogP contribution is 2.35. The Balaban J connectivity index is 2.35. The molecule has 1 aliphatic carbocycles. The van der Waals surface area contributed by atoms with Crippen molar-refractivity contribution in [1.29, 1.82) is 5.26 Å². The van der Waals surface area contributed by atoms with Crippen molar-refractivity contribution in [2.24, 2.45) is 0 Å². The van der Waals surface area contributed by atoms with Gasteiger partial charge in [-0.1, -0.05) is 0 Å². The average molecular weight is 285 g/mol. The second kappa shape index (κ2) is 5.00. The minimum absolute atomic E-state index is 0.187. The molecule has 1 saturated carbocycles. The van der Waals surface area contributed by atoms with Crippen LogP contribution in [0.3, 0.4) is 0 Å². The van der Waals surface area contributed by atoms with E-state index >= 15 is 0 Å². The predicted octanol–water partition coefficient (Wildman–Crippen LogP) is 3.00. The van der Waals surface area contributed by atoms with Gasteiger partial charge in [0, 0.05) is 17.8 Å². The maximum absolute atomic E-state index is 12.6. The Hall–Kier alpha value is -2.30. The lowest BCUT2D eigenvalue weighted by atomic mass is 10.1. The summed E-state index contributed by atoms with van der Waals surface area (Å²) in [5.41, 5.74) is -0.452. The highest BCUT2D eigenvalue weighted by atomic mass is 19.4. The molecular weight excluding hydrogens is 275 g/mol. The number of alkyl halides is 3. The number of nitro benzene ring substituents is 1. The maximum Gasteiger partial charge on any atom is 0.405 e. The van der Waals surface area contributed by atoms with Gasteiger partial charge in [-0.25, -0.2) is 0 Å². The molecule has 0 saturated heterocycles. The molecule has 0 unspecified atom stereocenters. The van der Waals surface area contributed by atoms with Crippen LogP contribution in [-0.2, 0) is 0 Å². The molecule has 20 heavy (non-hydrogen) atoms. The van der Waals surface area contributed by atoms with Crippen LogP contribution in [0.15, 0.2) is 18.2 Å². The van der Waals surface area contributed by atoms with E-state index < -0.39 is 23.3 Å². The van der Waals surface area contributed by atoms with Crippen LogP contribution >= 0.6 is 0 Å². The van der Waals surface area contributed by atoms with Crippen molar-refractivity contribution in [3.05, 3.63) is 33.9 Å². The summed E-state index contributed by atoms with van der Waals surface area (Å²) in [4.78, 5) is 11.1. The molecule has 0 aromatic heterocycles. The van der Waals surface area contributed by atoms with Gasteiger partial charge in [-0.2, -0.15) is 18.4 Å². The minimum atomic E-state index is -4.36. The summed E-state index contributed by atoms with van der Waals surface area (Å²) in [5.74, 6) is 0. The summed E-state index contributed by atoms with van der Waals surface area (Å²) in [5, 5.41) is 19.6. The second-order valence-electron chi connectivity index (χ2n) is 4.54. The van der Waals surface area contributed by atoms with E-state index in [4.69, 9.17) is 5.26 Å². The molecule has 1 aromatic carbocycles. The lowest BCUT2D eigenvalue weighted by Crippen LogP contribution is -2.36. The number of anilines is 1. The number of halogens is 3. The van der Waals surface area contributed by atoms with Crippen LogP contribution in [-0.4, -0.2) is 23.7 Å². The molecule has 0 N–H and O–H groups in total. The standard InChI is InChI=1S/C12H10F3N3O2/c13-12(14,15)7-17(9-1-2-9)10-3-4-11(18(19)20)8(5-10)6-16/h3-5,9H,1-2,7H2. The molecule has 2 rings (SSSR count). The number of rotatable bonds is 4. The second-order valence-corrected chi connectivity index (χ2v) is 4.54. The van der Waals surface area contributed by atoms with Gasteiger partial charge in [0.1, 0.15) is 18.2 Å². The molecule has 0 radical (unpaired) electrons. The Bertz CT molecular complexity index is 576. The molecule has 1 fully saturated rings. The minimum Gasteiger partial charge on any atom is -0.359 e. The van der Waals surface area contributed by atoms with E-state index in [9.17, 15) is 23.3 Å². The summed E-state index contributed by atoms with van der Waals surface area (Å²) in [6, 6.07) is 4.89. The lowest BCUT2D eigenvalue weighted by Gasteiger charge is -2.25. The van der Waals surface area contributed by atoms with Crippen LogP contribution in [0.2, 0.25) is 0 Å². The Kier molecular flexibility index (Phi) is 3.53. The third-order valence-corrected chi connectivity index (χ3v) is 2.97. The fraction of sp³-hybridized carbons (Fsp3) is 0.417. The van der Waals surface area contributed by atoms with Crippen LogP contribution in [0.25, 0.3) is 0 Å². The van der Waals surface area contributed by atoms with Gasteiger partial charge in [0.2, 0.25) is 0 Å². The van der Waals surface area contributed by atoms with Crippen LogP contribution in [0.4, 0.5) is 24.5 Å². The van der Waals surface area contributed by atoms with Crippen LogP contribution in [0, 0.1) is 21.4 Å². The third-order valence-electron chi connectivity index (χ3n) is 2.97. The fourth-order valence-corrected chi connectivity index (χ4v) is 1.96. The van der Waals surface area contributed by atoms with Crippen molar-refractivity contribution >= 4 is 11.4 Å². The van der Waals surface area contributed by atoms with Crippen molar-refractivity contribution in [1.82, 2.24) is 0 Å². The van der Waals surface area contributed by atoms with Gasteiger partial charge in [0.05, 0.1) is 4.92 Å². The molecule has 1 aliphatic rings. The molecule has 0 aliphatic heterocycles. The number of hydrogen-bond donors (Lipinski definition) is 0. The first kappa shape index (κ1) is 14.1. The summed E-state index contributed by atoms with van der Waals surface area (Å²) in [6.45, 7) is -1.12. The molecule has 0 spiro atoms. The highest BCUT2D eigenvalue weighted by Gasteiger charge is 2.38. The molecule has 0 heterocycles. The Morgan fingerprint density at radius 1 is 1.45 bits per heavy atom. The largest absolute Gasteiger partial charge is 0.405 e. The van der Waals surface area contributed by atoms with Gasteiger partial charge in [-0.3, -0.25) is 10.1 Å². The van der Waals surface area contributed by atoms with Crippen molar-refractivity contribution in [2.75, 3.05) is 11.4 Å². The number of hydrogen-bond acceptors (Lipinski definition) is 4. The van der Waals surface area contributed by atoms with E-state index in [1.165, 1.54) is 6.07 Å². The van der Waals surface area contributed by atoms with E-state index in [0.717, 1.165) is 17.0 Å². The quantitative estimate of drug-likeness (QED) is 0.630. The van der Waals surface area contributed by atoms with Crippen molar-refractivity contribution in [2.45, 2.75) is 25.1 Å². The van der Waals surface area contributed by atoms with Crippen molar-refractivity contribution in [3.8, 4) is 6.07 Å². The van der Waals surface area contributed by atoms with Crippen LogP contribution in [0.1, 0.15) is 18.4 Å². The number of nitro groups is 1. The molecular formula is C12H10F3N3O2. The van der Waals surface area contributed by atoms with Gasteiger partial charge in [-0.15, -0.1) is 0 Å². The maximum atomic E-state index is 12.6. The molecule has 0 amide bonds. The number of benzene rings is 1. The van der Waals surface area contributed by atoms with Gasteiger partial charge in [0.15, 0.2) is 0 Å². The van der Waals surface area contributed by atoms with Crippen molar-refractivity contribution in [3.63, 3.8) is 0 Å². The van der Waals surface area contributed by atoms with Gasteiger partial charge in [-0.05, 0) is 25.0 Å². The SMILES string of the molecule is N#Cc1cc(N(CC(F)(F)F)C2CC2)ccc1[N+](=O)[O-]. The Labute approximate surface area is 112 Å². The van der Waals surface area contributed by atoms with E-state index in [2.05, 4.69) is 0 Å². The van der Waals surface area contributed by atoms with Crippen LogP contribution in [0.5, 0.6) is 0 Å². The fourth-order valence-electron chi connectivity index (χ4n) is 1.96. The number of nitrogens with zero attached hydrogens (tertiary/aromatic N) is 3. The molecule has 106 valence electrons. The molecule has 5 nitrogen and oxygen atoms in total. The third kappa shape index (κ3) is 3.17. The van der Waals surface area contributed by atoms with Gasteiger partial charge < -0.3 is 4.90 Å². The number of nitriles is 1. The van der Waals surface area contributed by atoms with Crippen LogP contribution < -0.4 is 4.90 Å². The van der Waals surface area contributed by atoms with Gasteiger partial charge in [0.25, 0.3) is 5.69 Å². The predicted molar refractivity (Wildman–Crippen MR) is 64.2 cm³/mol. The monoisotopic (exact) mass is 285 g/mol. The smallest absolute Gasteiger partial charge is 0.359 e. The summed E-state index contributed by atoms with van der Waals surface area (Å²) < 4.78 is 37.7.